The molecule has 2 heterocycles. The van der Waals surface area contributed by atoms with Gasteiger partial charge in [-0.05, 0) is 24.1 Å². The Kier molecular flexibility index (Phi) is 4.48. The van der Waals surface area contributed by atoms with Crippen molar-refractivity contribution in [3.05, 3.63) is 69.1 Å². The minimum atomic E-state index is -0.657. The molecule has 0 fully saturated rings. The Balaban J connectivity index is 2.23. The highest BCUT2D eigenvalue weighted by Gasteiger charge is 2.34. The SMILES string of the molecule is CCCc1cc2c(c(=O)o1)C(c1cccc(OC)c1)C(C#N)=C(N)O2. The van der Waals surface area contributed by atoms with Crippen molar-refractivity contribution in [2.45, 2.75) is 25.7 Å². The number of nitrogens with two attached hydrogens (primary N) is 1. The molecule has 1 atom stereocenters. The van der Waals surface area contributed by atoms with Crippen LogP contribution in [0.25, 0.3) is 0 Å². The number of benzene rings is 1. The molecule has 0 saturated heterocycles. The van der Waals surface area contributed by atoms with Gasteiger partial charge >= 0.3 is 5.63 Å². The van der Waals surface area contributed by atoms with Gasteiger partial charge in [-0.25, -0.2) is 4.79 Å². The summed E-state index contributed by atoms with van der Waals surface area (Å²) in [6, 6.07) is 10.9. The Bertz CT molecular complexity index is 937. The van der Waals surface area contributed by atoms with Gasteiger partial charge in [-0.15, -0.1) is 0 Å². The smallest absolute Gasteiger partial charge is 0.343 e. The molecule has 1 aromatic carbocycles. The number of fused-ring (bicyclic) bond motifs is 1. The van der Waals surface area contributed by atoms with E-state index in [2.05, 4.69) is 6.07 Å². The standard InChI is InChI=1S/C19H18N2O4/c1-3-5-13-9-15-17(19(22)24-13)16(14(10-20)18(21)25-15)11-6-4-7-12(8-11)23-2/h4,6-9,16H,3,5,21H2,1-2H3. The molecule has 0 aliphatic carbocycles. The van der Waals surface area contributed by atoms with Gasteiger partial charge in [-0.2, -0.15) is 5.26 Å². The molecule has 2 N–H and O–H groups in total. The molecule has 0 radical (unpaired) electrons. The summed E-state index contributed by atoms with van der Waals surface area (Å²) in [5.74, 6) is 0.827. The molecule has 128 valence electrons. The molecule has 1 aliphatic rings. The quantitative estimate of drug-likeness (QED) is 0.920. The number of nitriles is 1. The number of allylic oxidation sites excluding steroid dienone is 1. The van der Waals surface area contributed by atoms with Crippen molar-refractivity contribution < 1.29 is 13.9 Å². The van der Waals surface area contributed by atoms with Crippen LogP contribution in [-0.2, 0) is 6.42 Å². The lowest BCUT2D eigenvalue weighted by Crippen LogP contribution is -2.26. The van der Waals surface area contributed by atoms with Crippen LogP contribution in [0.4, 0.5) is 0 Å². The van der Waals surface area contributed by atoms with Crippen molar-refractivity contribution in [3.8, 4) is 17.6 Å². The monoisotopic (exact) mass is 338 g/mol. The van der Waals surface area contributed by atoms with E-state index in [4.69, 9.17) is 19.6 Å². The Morgan fingerprint density at radius 1 is 1.36 bits per heavy atom. The first-order valence-electron chi connectivity index (χ1n) is 7.97. The lowest BCUT2D eigenvalue weighted by atomic mass is 9.84. The van der Waals surface area contributed by atoms with Gasteiger partial charge in [-0.1, -0.05) is 19.1 Å². The van der Waals surface area contributed by atoms with Crippen LogP contribution in [0.3, 0.4) is 0 Å². The molecule has 6 nitrogen and oxygen atoms in total. The van der Waals surface area contributed by atoms with E-state index >= 15 is 0 Å². The zero-order valence-corrected chi connectivity index (χ0v) is 14.0. The third-order valence-electron chi connectivity index (χ3n) is 4.11. The summed E-state index contributed by atoms with van der Waals surface area (Å²) in [5.41, 5.74) is 6.59. The van der Waals surface area contributed by atoms with Crippen molar-refractivity contribution in [3.63, 3.8) is 0 Å². The molecule has 6 heteroatoms. The van der Waals surface area contributed by atoms with E-state index in [0.717, 1.165) is 6.42 Å². The molecule has 0 saturated carbocycles. The van der Waals surface area contributed by atoms with E-state index in [9.17, 15) is 10.1 Å². The van der Waals surface area contributed by atoms with Crippen LogP contribution in [0.1, 0.15) is 36.1 Å². The van der Waals surface area contributed by atoms with Gasteiger partial charge in [0.15, 0.2) is 0 Å². The first-order chi connectivity index (χ1) is 12.1. The maximum absolute atomic E-state index is 12.6. The van der Waals surface area contributed by atoms with Gasteiger partial charge in [-0.3, -0.25) is 0 Å². The van der Waals surface area contributed by atoms with Crippen molar-refractivity contribution in [1.82, 2.24) is 0 Å². The van der Waals surface area contributed by atoms with Crippen LogP contribution < -0.4 is 20.8 Å². The average Bonchev–Trinajstić information content (AvgIpc) is 2.60. The second-order valence-electron chi connectivity index (χ2n) is 5.73. The maximum Gasteiger partial charge on any atom is 0.343 e. The van der Waals surface area contributed by atoms with Crippen molar-refractivity contribution in [1.29, 1.82) is 5.26 Å². The van der Waals surface area contributed by atoms with E-state index in [1.165, 1.54) is 0 Å². The Labute approximate surface area is 145 Å². The fourth-order valence-electron chi connectivity index (χ4n) is 2.98. The third-order valence-corrected chi connectivity index (χ3v) is 4.11. The predicted molar refractivity (Wildman–Crippen MR) is 91.3 cm³/mol. The fraction of sp³-hybridized carbons (Fsp3) is 0.263. The molecule has 1 aromatic heterocycles. The number of nitrogens with zero attached hydrogens (tertiary/aromatic N) is 1. The summed E-state index contributed by atoms with van der Waals surface area (Å²) < 4.78 is 16.2. The Morgan fingerprint density at radius 3 is 2.84 bits per heavy atom. The van der Waals surface area contributed by atoms with Crippen LogP contribution in [0.5, 0.6) is 11.5 Å². The number of rotatable bonds is 4. The summed E-state index contributed by atoms with van der Waals surface area (Å²) in [6.45, 7) is 1.99. The number of methoxy groups -OCH3 is 1. The normalized spacial score (nSPS) is 16.0. The molecule has 25 heavy (non-hydrogen) atoms. The first-order valence-corrected chi connectivity index (χ1v) is 7.97. The lowest BCUT2D eigenvalue weighted by Gasteiger charge is -2.25. The molecule has 3 rings (SSSR count). The van der Waals surface area contributed by atoms with Crippen molar-refractivity contribution >= 4 is 0 Å². The van der Waals surface area contributed by atoms with Crippen LogP contribution in [0.15, 0.2) is 51.0 Å². The number of hydrogen-bond donors (Lipinski definition) is 1. The lowest BCUT2D eigenvalue weighted by molar-refractivity contribution is 0.366. The molecule has 2 aromatic rings. The van der Waals surface area contributed by atoms with Gasteiger partial charge in [0.25, 0.3) is 0 Å². The minimum absolute atomic E-state index is 0.00383. The molecule has 0 amide bonds. The number of ether oxygens (including phenoxy) is 2. The summed E-state index contributed by atoms with van der Waals surface area (Å²) in [5, 5.41) is 9.54. The number of hydrogen-bond acceptors (Lipinski definition) is 6. The molecule has 0 bridgehead atoms. The Morgan fingerprint density at radius 2 is 2.16 bits per heavy atom. The van der Waals surface area contributed by atoms with E-state index in [1.807, 2.05) is 13.0 Å². The fourth-order valence-corrected chi connectivity index (χ4v) is 2.98. The summed E-state index contributed by atoms with van der Waals surface area (Å²) in [7, 11) is 1.55. The average molecular weight is 338 g/mol. The largest absolute Gasteiger partial charge is 0.497 e. The topological polar surface area (TPSA) is 98.5 Å². The molecular weight excluding hydrogens is 320 g/mol. The van der Waals surface area contributed by atoms with Crippen LogP contribution in [-0.4, -0.2) is 7.11 Å². The van der Waals surface area contributed by atoms with Crippen molar-refractivity contribution in [2.75, 3.05) is 7.11 Å². The second kappa shape index (κ2) is 6.73. The van der Waals surface area contributed by atoms with Gasteiger partial charge in [0, 0.05) is 12.5 Å². The second-order valence-corrected chi connectivity index (χ2v) is 5.73. The zero-order valence-electron chi connectivity index (χ0n) is 14.0. The van der Waals surface area contributed by atoms with Gasteiger partial charge < -0.3 is 19.6 Å². The number of aryl methyl sites for hydroxylation is 1. The van der Waals surface area contributed by atoms with Crippen LogP contribution in [0.2, 0.25) is 0 Å². The molecule has 0 spiro atoms. The molecule has 1 unspecified atom stereocenters. The zero-order chi connectivity index (χ0) is 18.0. The predicted octanol–water partition coefficient (Wildman–Crippen LogP) is 2.82. The maximum atomic E-state index is 12.6. The highest BCUT2D eigenvalue weighted by molar-refractivity contribution is 5.55. The van der Waals surface area contributed by atoms with Crippen LogP contribution >= 0.6 is 0 Å². The van der Waals surface area contributed by atoms with E-state index in [-0.39, 0.29) is 17.0 Å². The first kappa shape index (κ1) is 16.7. The highest BCUT2D eigenvalue weighted by atomic mass is 16.5. The van der Waals surface area contributed by atoms with E-state index in [1.54, 1.807) is 31.4 Å². The molecular formula is C19H18N2O4. The Hall–Kier alpha value is -3.20. The molecule has 1 aliphatic heterocycles. The summed E-state index contributed by atoms with van der Waals surface area (Å²) in [4.78, 5) is 12.6. The highest BCUT2D eigenvalue weighted by Crippen LogP contribution is 2.41. The van der Waals surface area contributed by atoms with Crippen LogP contribution in [0, 0.1) is 11.3 Å². The van der Waals surface area contributed by atoms with E-state index in [0.29, 0.717) is 29.2 Å². The minimum Gasteiger partial charge on any atom is -0.497 e. The van der Waals surface area contributed by atoms with E-state index < -0.39 is 11.5 Å². The summed E-state index contributed by atoms with van der Waals surface area (Å²) in [6.07, 6.45) is 1.44. The summed E-state index contributed by atoms with van der Waals surface area (Å²) >= 11 is 0. The van der Waals surface area contributed by atoms with Gasteiger partial charge in [0.1, 0.15) is 28.9 Å². The van der Waals surface area contributed by atoms with Gasteiger partial charge in [0.05, 0.1) is 18.6 Å². The third kappa shape index (κ3) is 2.96. The van der Waals surface area contributed by atoms with Gasteiger partial charge in [0.2, 0.25) is 5.88 Å². The van der Waals surface area contributed by atoms with Crippen molar-refractivity contribution in [2.24, 2.45) is 5.73 Å².